The van der Waals surface area contributed by atoms with Gasteiger partial charge in [0.2, 0.25) is 5.78 Å². The van der Waals surface area contributed by atoms with Crippen LogP contribution in [-0.2, 0) is 0 Å². The van der Waals surface area contributed by atoms with Gasteiger partial charge in [-0.1, -0.05) is 49.2 Å². The lowest BCUT2D eigenvalue weighted by atomic mass is 10.1. The summed E-state index contributed by atoms with van der Waals surface area (Å²) in [5, 5.41) is 0.511. The van der Waals surface area contributed by atoms with Gasteiger partial charge in [-0.25, -0.2) is 0 Å². The highest BCUT2D eigenvalue weighted by Gasteiger charge is 2.22. The van der Waals surface area contributed by atoms with E-state index in [-0.39, 0.29) is 16.0 Å². The number of ketones is 1. The molecule has 0 aliphatic carbocycles. The summed E-state index contributed by atoms with van der Waals surface area (Å²) >= 11 is 15.0. The van der Waals surface area contributed by atoms with Crippen LogP contribution >= 0.6 is 39.1 Å². The van der Waals surface area contributed by atoms with Crippen LogP contribution in [0.4, 0.5) is 0 Å². The molecule has 0 atom stereocenters. The predicted molar refractivity (Wildman–Crippen MR) is 86.3 cm³/mol. The largest absolute Gasteiger partial charge is 0.496 e. The van der Waals surface area contributed by atoms with Gasteiger partial charge in [-0.05, 0) is 28.1 Å². The first-order valence-electron chi connectivity index (χ1n) is 5.96. The Morgan fingerprint density at radius 3 is 2.35 bits per heavy atom. The van der Waals surface area contributed by atoms with Crippen LogP contribution < -0.4 is 4.74 Å². The Hall–Kier alpha value is -0.970. The number of carbonyl (C=O) groups is 1. The minimum atomic E-state index is -0.242. The van der Waals surface area contributed by atoms with E-state index in [2.05, 4.69) is 20.9 Å². The molecule has 3 nitrogen and oxygen atoms in total. The fourth-order valence-electron chi connectivity index (χ4n) is 1.55. The Morgan fingerprint density at radius 2 is 1.85 bits per heavy atom. The summed E-state index contributed by atoms with van der Waals surface area (Å²) < 4.78 is 5.60. The summed E-state index contributed by atoms with van der Waals surface area (Å²) in [4.78, 5) is 15.1. The molecule has 0 bridgehead atoms. The van der Waals surface area contributed by atoms with Crippen molar-refractivity contribution in [3.8, 4) is 5.75 Å². The second-order valence-corrected chi connectivity index (χ2v) is 5.02. The standard InChI is InChI=1S/C12H8BrCl2NO2.C2H6/c1-18-7-5-3-2-4-6(7)11(17)10-8(13)9(14)12(15)16-10;1-2/h2-5,16H,1H3;1-2H3. The van der Waals surface area contributed by atoms with Crippen LogP contribution in [0.1, 0.15) is 29.9 Å². The zero-order chi connectivity index (χ0) is 15.3. The van der Waals surface area contributed by atoms with E-state index in [1.165, 1.54) is 7.11 Å². The molecule has 0 spiro atoms. The quantitative estimate of drug-likeness (QED) is 0.731. The lowest BCUT2D eigenvalue weighted by Gasteiger charge is -2.06. The van der Waals surface area contributed by atoms with Crippen molar-refractivity contribution in [2.75, 3.05) is 7.11 Å². The molecule has 0 amide bonds. The van der Waals surface area contributed by atoms with Crippen LogP contribution in [0.3, 0.4) is 0 Å². The number of aromatic nitrogens is 1. The molecule has 1 aromatic carbocycles. The average Bonchev–Trinajstić information content (AvgIpc) is 2.76. The van der Waals surface area contributed by atoms with Crippen molar-refractivity contribution in [1.29, 1.82) is 0 Å². The fourth-order valence-corrected chi connectivity index (χ4v) is 2.47. The molecule has 20 heavy (non-hydrogen) atoms. The van der Waals surface area contributed by atoms with Crippen LogP contribution in [0.5, 0.6) is 5.75 Å². The summed E-state index contributed by atoms with van der Waals surface area (Å²) in [6, 6.07) is 6.94. The number of hydrogen-bond acceptors (Lipinski definition) is 2. The molecule has 0 saturated carbocycles. The van der Waals surface area contributed by atoms with Gasteiger partial charge < -0.3 is 9.72 Å². The van der Waals surface area contributed by atoms with Crippen LogP contribution in [0.15, 0.2) is 28.7 Å². The zero-order valence-corrected chi connectivity index (χ0v) is 14.4. The van der Waals surface area contributed by atoms with Gasteiger partial charge in [-0.2, -0.15) is 0 Å². The van der Waals surface area contributed by atoms with Crippen LogP contribution in [0, 0.1) is 0 Å². The van der Waals surface area contributed by atoms with Gasteiger partial charge in [0, 0.05) is 0 Å². The first kappa shape index (κ1) is 17.1. The monoisotopic (exact) mass is 377 g/mol. The van der Waals surface area contributed by atoms with Crippen molar-refractivity contribution in [2.24, 2.45) is 0 Å². The second kappa shape index (κ2) is 7.72. The molecule has 0 saturated heterocycles. The molecule has 0 aliphatic rings. The van der Waals surface area contributed by atoms with Gasteiger partial charge in [0.25, 0.3) is 0 Å². The smallest absolute Gasteiger partial charge is 0.214 e. The minimum absolute atomic E-state index is 0.224. The highest BCUT2D eigenvalue weighted by Crippen LogP contribution is 2.35. The van der Waals surface area contributed by atoms with Crippen LogP contribution in [0.2, 0.25) is 10.2 Å². The van der Waals surface area contributed by atoms with Crippen molar-refractivity contribution in [3.63, 3.8) is 0 Å². The number of para-hydroxylation sites is 1. The third kappa shape index (κ3) is 3.37. The Bertz CT molecular complexity index is 611. The van der Waals surface area contributed by atoms with E-state index in [0.29, 0.717) is 21.5 Å². The third-order valence-electron chi connectivity index (χ3n) is 2.42. The lowest BCUT2D eigenvalue weighted by Crippen LogP contribution is -2.04. The number of rotatable bonds is 3. The SMILES string of the molecule is CC.COc1ccccc1C(=O)c1[nH]c(Cl)c(Cl)c1Br. The first-order chi connectivity index (χ1) is 9.56. The van der Waals surface area contributed by atoms with Crippen LogP contribution in [0.25, 0.3) is 0 Å². The number of aromatic amines is 1. The van der Waals surface area contributed by atoms with Gasteiger partial charge in [0.05, 0.1) is 22.2 Å². The summed E-state index contributed by atoms with van der Waals surface area (Å²) in [6.07, 6.45) is 0. The topological polar surface area (TPSA) is 42.1 Å². The number of benzene rings is 1. The van der Waals surface area contributed by atoms with Crippen molar-refractivity contribution < 1.29 is 9.53 Å². The predicted octanol–water partition coefficient (Wildman–Crippen LogP) is 5.35. The molecular formula is C14H14BrCl2NO2. The summed E-state index contributed by atoms with van der Waals surface area (Å²) in [7, 11) is 1.51. The fraction of sp³-hybridized carbons (Fsp3) is 0.214. The molecule has 1 N–H and O–H groups in total. The molecule has 0 unspecified atom stereocenters. The summed E-state index contributed by atoms with van der Waals surface area (Å²) in [5.74, 6) is 0.254. The summed E-state index contributed by atoms with van der Waals surface area (Å²) in [5.41, 5.74) is 0.741. The van der Waals surface area contributed by atoms with E-state index in [9.17, 15) is 4.79 Å². The number of halogens is 3. The van der Waals surface area contributed by atoms with E-state index < -0.39 is 0 Å². The van der Waals surface area contributed by atoms with Gasteiger partial charge in [0.15, 0.2) is 0 Å². The lowest BCUT2D eigenvalue weighted by molar-refractivity contribution is 0.103. The number of carbonyl (C=O) groups excluding carboxylic acids is 1. The Balaban J connectivity index is 0.000000956. The molecule has 2 rings (SSSR count). The molecule has 0 fully saturated rings. The van der Waals surface area contributed by atoms with Gasteiger partial charge in [0.1, 0.15) is 16.6 Å². The first-order valence-corrected chi connectivity index (χ1v) is 7.51. The minimum Gasteiger partial charge on any atom is -0.496 e. The maximum atomic E-state index is 12.4. The number of H-pyrrole nitrogens is 1. The van der Waals surface area contributed by atoms with Gasteiger partial charge >= 0.3 is 0 Å². The van der Waals surface area contributed by atoms with Crippen LogP contribution in [-0.4, -0.2) is 17.9 Å². The Morgan fingerprint density at radius 1 is 1.25 bits per heavy atom. The second-order valence-electron chi connectivity index (χ2n) is 3.47. The number of hydrogen-bond donors (Lipinski definition) is 1. The number of methoxy groups -OCH3 is 1. The van der Waals surface area contributed by atoms with Gasteiger partial charge in [-0.3, -0.25) is 4.79 Å². The Labute approximate surface area is 136 Å². The molecule has 0 aliphatic heterocycles. The number of nitrogens with one attached hydrogen (secondary N) is 1. The maximum Gasteiger partial charge on any atom is 0.214 e. The molecule has 1 heterocycles. The van der Waals surface area contributed by atoms with E-state index in [1.54, 1.807) is 24.3 Å². The molecule has 6 heteroatoms. The molecule has 108 valence electrons. The average molecular weight is 379 g/mol. The highest BCUT2D eigenvalue weighted by molar-refractivity contribution is 9.10. The summed E-state index contributed by atoms with van der Waals surface area (Å²) in [6.45, 7) is 4.00. The van der Waals surface area contributed by atoms with Crippen molar-refractivity contribution >= 4 is 44.9 Å². The highest BCUT2D eigenvalue weighted by atomic mass is 79.9. The van der Waals surface area contributed by atoms with E-state index in [0.717, 1.165) is 0 Å². The third-order valence-corrected chi connectivity index (χ3v) is 4.20. The van der Waals surface area contributed by atoms with Crippen molar-refractivity contribution in [2.45, 2.75) is 13.8 Å². The van der Waals surface area contributed by atoms with Crippen molar-refractivity contribution in [1.82, 2.24) is 4.98 Å². The van der Waals surface area contributed by atoms with E-state index in [1.807, 2.05) is 13.8 Å². The van der Waals surface area contributed by atoms with Gasteiger partial charge in [-0.15, -0.1) is 0 Å². The molecular weight excluding hydrogens is 365 g/mol. The normalized spacial score (nSPS) is 9.70. The Kier molecular flexibility index (Phi) is 6.59. The van der Waals surface area contributed by atoms with E-state index >= 15 is 0 Å². The van der Waals surface area contributed by atoms with E-state index in [4.69, 9.17) is 27.9 Å². The molecule has 2 aromatic rings. The number of ether oxygens (including phenoxy) is 1. The molecule has 0 radical (unpaired) electrons. The molecule has 1 aromatic heterocycles. The maximum absolute atomic E-state index is 12.4. The zero-order valence-electron chi connectivity index (χ0n) is 11.3. The van der Waals surface area contributed by atoms with Crippen molar-refractivity contribution in [3.05, 3.63) is 50.2 Å².